The van der Waals surface area contributed by atoms with E-state index >= 15 is 0 Å². The van der Waals surface area contributed by atoms with Gasteiger partial charge >= 0.3 is 5.97 Å². The molecule has 116 valence electrons. The maximum Gasteiger partial charge on any atom is 0.335 e. The number of carboxylic acids is 1. The highest BCUT2D eigenvalue weighted by atomic mass is 79.9. The molecule has 1 amide bonds. The zero-order valence-corrected chi connectivity index (χ0v) is 13.9. The lowest BCUT2D eigenvalue weighted by Crippen LogP contribution is -2.12. The molecular weight excluding hydrogens is 334 g/mol. The molecule has 2 N–H and O–H groups in total. The fourth-order valence-corrected chi connectivity index (χ4v) is 2.38. The first-order chi connectivity index (χ1) is 10.0. The Balaban J connectivity index is 2.40. The molecule has 0 unspecified atom stereocenters. The Bertz CT molecular complexity index is 488. The summed E-state index contributed by atoms with van der Waals surface area (Å²) >= 11 is 3.31. The molecule has 0 aromatic heterocycles. The first-order valence-corrected chi connectivity index (χ1v) is 8.16. The number of hydrogen-bond acceptors (Lipinski definition) is 2. The predicted molar refractivity (Wildman–Crippen MR) is 87.7 cm³/mol. The molecule has 0 aliphatic carbocycles. The SMILES string of the molecule is CCCCCCCCC(=O)Nc1cc(C(=O)O)ccc1Br. The number of anilines is 1. The number of carboxylic acid groups (broad SMARTS) is 1. The molecule has 0 heterocycles. The van der Waals surface area contributed by atoms with Crippen molar-refractivity contribution in [1.82, 2.24) is 0 Å². The van der Waals surface area contributed by atoms with Crippen LogP contribution in [0.25, 0.3) is 0 Å². The number of halogens is 1. The second-order valence-electron chi connectivity index (χ2n) is 5.07. The highest BCUT2D eigenvalue weighted by Gasteiger charge is 2.09. The average molecular weight is 356 g/mol. The molecule has 1 rings (SSSR count). The molecule has 4 nitrogen and oxygen atoms in total. The number of amides is 1. The number of nitrogens with one attached hydrogen (secondary N) is 1. The molecule has 0 aliphatic heterocycles. The minimum absolute atomic E-state index is 0.0752. The molecule has 0 fully saturated rings. The molecule has 0 bridgehead atoms. The van der Waals surface area contributed by atoms with Crippen molar-refractivity contribution < 1.29 is 14.7 Å². The van der Waals surface area contributed by atoms with Crippen molar-refractivity contribution in [3.05, 3.63) is 28.2 Å². The lowest BCUT2D eigenvalue weighted by molar-refractivity contribution is -0.116. The minimum atomic E-state index is -1.01. The third-order valence-corrected chi connectivity index (χ3v) is 3.94. The summed E-state index contributed by atoms with van der Waals surface area (Å²) in [5.74, 6) is -1.08. The standard InChI is InChI=1S/C16H22BrNO3/c1-2-3-4-5-6-7-8-15(19)18-14-11-12(16(20)21)9-10-13(14)17/h9-11H,2-8H2,1H3,(H,18,19)(H,20,21). The van der Waals surface area contributed by atoms with Crippen LogP contribution in [-0.4, -0.2) is 17.0 Å². The first kappa shape index (κ1) is 17.7. The van der Waals surface area contributed by atoms with Crippen LogP contribution in [0.5, 0.6) is 0 Å². The van der Waals surface area contributed by atoms with Crippen LogP contribution in [0.15, 0.2) is 22.7 Å². The summed E-state index contributed by atoms with van der Waals surface area (Å²) in [6.45, 7) is 2.18. The van der Waals surface area contributed by atoms with Crippen LogP contribution in [0.3, 0.4) is 0 Å². The van der Waals surface area contributed by atoms with Gasteiger partial charge < -0.3 is 10.4 Å². The maximum atomic E-state index is 11.9. The topological polar surface area (TPSA) is 66.4 Å². The minimum Gasteiger partial charge on any atom is -0.478 e. The summed E-state index contributed by atoms with van der Waals surface area (Å²) in [5, 5.41) is 11.7. The van der Waals surface area contributed by atoms with E-state index in [9.17, 15) is 9.59 Å². The molecule has 0 atom stereocenters. The van der Waals surface area contributed by atoms with Gasteiger partial charge in [-0.1, -0.05) is 39.0 Å². The first-order valence-electron chi connectivity index (χ1n) is 7.37. The average Bonchev–Trinajstić information content (AvgIpc) is 2.44. The molecule has 5 heteroatoms. The number of carbonyl (C=O) groups excluding carboxylic acids is 1. The Morgan fingerprint density at radius 1 is 1.14 bits per heavy atom. The third-order valence-electron chi connectivity index (χ3n) is 3.24. The monoisotopic (exact) mass is 355 g/mol. The number of rotatable bonds is 9. The van der Waals surface area contributed by atoms with E-state index in [-0.39, 0.29) is 11.5 Å². The molecule has 1 aromatic carbocycles. The highest BCUT2D eigenvalue weighted by molar-refractivity contribution is 9.10. The molecule has 0 aliphatic rings. The van der Waals surface area contributed by atoms with Gasteiger partial charge in [0.2, 0.25) is 5.91 Å². The summed E-state index contributed by atoms with van der Waals surface area (Å²) in [5.41, 5.74) is 0.666. The fraction of sp³-hybridized carbons (Fsp3) is 0.500. The summed E-state index contributed by atoms with van der Waals surface area (Å²) in [6, 6.07) is 4.59. The van der Waals surface area contributed by atoms with Crippen molar-refractivity contribution in [2.24, 2.45) is 0 Å². The van der Waals surface area contributed by atoms with E-state index in [1.807, 2.05) is 0 Å². The molecule has 0 saturated carbocycles. The van der Waals surface area contributed by atoms with E-state index in [0.717, 1.165) is 12.8 Å². The number of benzene rings is 1. The smallest absolute Gasteiger partial charge is 0.335 e. The van der Waals surface area contributed by atoms with Crippen LogP contribution < -0.4 is 5.32 Å². The van der Waals surface area contributed by atoms with Gasteiger partial charge in [-0.25, -0.2) is 4.79 Å². The van der Waals surface area contributed by atoms with E-state index in [2.05, 4.69) is 28.2 Å². The lowest BCUT2D eigenvalue weighted by Gasteiger charge is -2.08. The summed E-state index contributed by atoms with van der Waals surface area (Å²) in [7, 11) is 0. The zero-order chi connectivity index (χ0) is 15.7. The normalized spacial score (nSPS) is 10.4. The number of hydrogen-bond donors (Lipinski definition) is 2. The molecule has 21 heavy (non-hydrogen) atoms. The Morgan fingerprint density at radius 3 is 2.48 bits per heavy atom. The van der Waals surface area contributed by atoms with Crippen LogP contribution >= 0.6 is 15.9 Å². The van der Waals surface area contributed by atoms with Gasteiger partial charge in [0.05, 0.1) is 11.3 Å². The Hall–Kier alpha value is -1.36. The second kappa shape index (κ2) is 9.55. The van der Waals surface area contributed by atoms with Crippen molar-refractivity contribution in [3.8, 4) is 0 Å². The maximum absolute atomic E-state index is 11.9. The molecule has 0 spiro atoms. The molecular formula is C16H22BrNO3. The van der Waals surface area contributed by atoms with Crippen LogP contribution in [0.1, 0.15) is 62.2 Å². The molecule has 0 radical (unpaired) electrons. The summed E-state index contributed by atoms with van der Waals surface area (Å²) < 4.78 is 0.684. The van der Waals surface area contributed by atoms with Gasteiger partial charge in [-0.15, -0.1) is 0 Å². The van der Waals surface area contributed by atoms with Gasteiger partial charge in [-0.2, -0.15) is 0 Å². The van der Waals surface area contributed by atoms with E-state index < -0.39 is 5.97 Å². The van der Waals surface area contributed by atoms with Crippen molar-refractivity contribution in [1.29, 1.82) is 0 Å². The Kier molecular flexibility index (Phi) is 8.05. The Morgan fingerprint density at radius 2 is 1.81 bits per heavy atom. The number of unbranched alkanes of at least 4 members (excludes halogenated alkanes) is 5. The van der Waals surface area contributed by atoms with Crippen molar-refractivity contribution >= 4 is 33.5 Å². The van der Waals surface area contributed by atoms with E-state index in [0.29, 0.717) is 16.6 Å². The predicted octanol–water partition coefficient (Wildman–Crippen LogP) is 4.84. The molecule has 0 saturated heterocycles. The number of aromatic carboxylic acids is 1. The Labute approximate surface area is 134 Å². The van der Waals surface area contributed by atoms with Gasteiger partial charge in [-0.05, 0) is 40.5 Å². The zero-order valence-electron chi connectivity index (χ0n) is 12.3. The van der Waals surface area contributed by atoms with Crippen molar-refractivity contribution in [2.45, 2.75) is 51.9 Å². The third kappa shape index (κ3) is 6.76. The number of carbonyl (C=O) groups is 2. The summed E-state index contributed by atoms with van der Waals surface area (Å²) in [6.07, 6.45) is 7.25. The molecule has 1 aromatic rings. The van der Waals surface area contributed by atoms with E-state index in [1.54, 1.807) is 6.07 Å². The van der Waals surface area contributed by atoms with Gasteiger partial charge in [0, 0.05) is 10.9 Å². The lowest BCUT2D eigenvalue weighted by atomic mass is 10.1. The van der Waals surface area contributed by atoms with Crippen molar-refractivity contribution in [3.63, 3.8) is 0 Å². The van der Waals surface area contributed by atoms with Crippen LogP contribution in [0, 0.1) is 0 Å². The fourth-order valence-electron chi connectivity index (χ4n) is 2.03. The quantitative estimate of drug-likeness (QED) is 0.623. The summed E-state index contributed by atoms with van der Waals surface area (Å²) in [4.78, 5) is 22.8. The van der Waals surface area contributed by atoms with Gasteiger partial charge in [0.15, 0.2) is 0 Å². The van der Waals surface area contributed by atoms with Crippen LogP contribution in [0.2, 0.25) is 0 Å². The van der Waals surface area contributed by atoms with Crippen LogP contribution in [0.4, 0.5) is 5.69 Å². The highest BCUT2D eigenvalue weighted by Crippen LogP contribution is 2.24. The van der Waals surface area contributed by atoms with Gasteiger partial charge in [-0.3, -0.25) is 4.79 Å². The van der Waals surface area contributed by atoms with Gasteiger partial charge in [0.1, 0.15) is 0 Å². The van der Waals surface area contributed by atoms with E-state index in [1.165, 1.54) is 37.8 Å². The van der Waals surface area contributed by atoms with Crippen molar-refractivity contribution in [2.75, 3.05) is 5.32 Å². The van der Waals surface area contributed by atoms with E-state index in [4.69, 9.17) is 5.11 Å². The van der Waals surface area contributed by atoms with Gasteiger partial charge in [0.25, 0.3) is 0 Å². The second-order valence-corrected chi connectivity index (χ2v) is 5.92. The largest absolute Gasteiger partial charge is 0.478 e. The van der Waals surface area contributed by atoms with Crippen LogP contribution in [-0.2, 0) is 4.79 Å².